The first kappa shape index (κ1) is 27.9. The zero-order valence-corrected chi connectivity index (χ0v) is 26.8. The van der Waals surface area contributed by atoms with Crippen LogP contribution in [0, 0.1) is 25.2 Å². The maximum Gasteiger partial charge on any atom is 0.0991 e. The van der Waals surface area contributed by atoms with Crippen molar-refractivity contribution in [3.8, 4) is 39.7 Å². The van der Waals surface area contributed by atoms with E-state index in [4.69, 9.17) is 0 Å². The van der Waals surface area contributed by atoms with E-state index >= 15 is 0 Å². The molecule has 9 rings (SSSR count). The van der Waals surface area contributed by atoms with Crippen molar-refractivity contribution >= 4 is 43.6 Å². The van der Waals surface area contributed by atoms with Crippen LogP contribution in [0.15, 0.2) is 152 Å². The number of rotatable bonds is 4. The van der Waals surface area contributed by atoms with Gasteiger partial charge >= 0.3 is 0 Å². The van der Waals surface area contributed by atoms with E-state index < -0.39 is 0 Å². The molecule has 0 N–H and O–H groups in total. The third-order valence-electron chi connectivity index (χ3n) is 9.61. The standard InChI is InChI=1S/C45H31N3/c1-29-13-20-42-38(23-29)39-26-33(16-21-43(39)47(42)35-11-7-4-8-12-35)34-17-22-44-40(27-34)41-25-30(2)24-37(32-9-5-3-6-10-32)45(41)48(44)36-18-14-31(28-46)15-19-36/h3-27H,1-2H3. The summed E-state index contributed by atoms with van der Waals surface area (Å²) in [5.74, 6) is 0. The van der Waals surface area contributed by atoms with Gasteiger partial charge in [-0.1, -0.05) is 72.3 Å². The van der Waals surface area contributed by atoms with E-state index in [0.29, 0.717) is 5.56 Å². The Balaban J connectivity index is 1.31. The topological polar surface area (TPSA) is 33.6 Å². The van der Waals surface area contributed by atoms with Gasteiger partial charge in [-0.3, -0.25) is 0 Å². The van der Waals surface area contributed by atoms with Gasteiger partial charge in [0.1, 0.15) is 0 Å². The summed E-state index contributed by atoms with van der Waals surface area (Å²) in [4.78, 5) is 0. The zero-order valence-electron chi connectivity index (χ0n) is 26.8. The van der Waals surface area contributed by atoms with Gasteiger partial charge in [0.05, 0.1) is 33.7 Å². The molecular weight excluding hydrogens is 583 g/mol. The summed E-state index contributed by atoms with van der Waals surface area (Å²) < 4.78 is 4.73. The molecule has 0 saturated heterocycles. The van der Waals surface area contributed by atoms with Crippen LogP contribution >= 0.6 is 0 Å². The molecule has 7 aromatic carbocycles. The van der Waals surface area contributed by atoms with Crippen molar-refractivity contribution in [3.63, 3.8) is 0 Å². The van der Waals surface area contributed by atoms with E-state index in [1.165, 1.54) is 71.5 Å². The Labute approximate surface area is 279 Å². The molecule has 0 aliphatic rings. The molecule has 48 heavy (non-hydrogen) atoms. The second kappa shape index (κ2) is 10.9. The predicted molar refractivity (Wildman–Crippen MR) is 200 cm³/mol. The van der Waals surface area contributed by atoms with E-state index in [1.807, 2.05) is 12.1 Å². The van der Waals surface area contributed by atoms with Crippen LogP contribution in [0.4, 0.5) is 0 Å². The lowest BCUT2D eigenvalue weighted by Crippen LogP contribution is -1.96. The summed E-state index contributed by atoms with van der Waals surface area (Å²) >= 11 is 0. The maximum absolute atomic E-state index is 9.50. The summed E-state index contributed by atoms with van der Waals surface area (Å²) in [6.45, 7) is 4.34. The molecule has 0 saturated carbocycles. The highest BCUT2D eigenvalue weighted by Gasteiger charge is 2.19. The van der Waals surface area contributed by atoms with E-state index in [1.54, 1.807) is 0 Å². The van der Waals surface area contributed by atoms with Gasteiger partial charge in [-0.05, 0) is 121 Å². The first-order chi connectivity index (χ1) is 23.6. The SMILES string of the molecule is Cc1ccc2c(c1)c1cc(-c3ccc4c(c3)c3cc(C)cc(-c5ccccc5)c3n4-c3ccc(C#N)cc3)ccc1n2-c1ccccc1. The number of hydrogen-bond acceptors (Lipinski definition) is 1. The quantitative estimate of drug-likeness (QED) is 0.194. The fraction of sp³-hybridized carbons (Fsp3) is 0.0444. The summed E-state index contributed by atoms with van der Waals surface area (Å²) in [7, 11) is 0. The third-order valence-corrected chi connectivity index (χ3v) is 9.61. The molecule has 2 heterocycles. The monoisotopic (exact) mass is 613 g/mol. The van der Waals surface area contributed by atoms with Crippen molar-refractivity contribution < 1.29 is 0 Å². The molecule has 2 aromatic heterocycles. The van der Waals surface area contributed by atoms with Gasteiger partial charge in [0.2, 0.25) is 0 Å². The molecule has 0 fully saturated rings. The summed E-state index contributed by atoms with van der Waals surface area (Å²) in [6.07, 6.45) is 0. The van der Waals surface area contributed by atoms with Crippen LogP contribution in [-0.2, 0) is 0 Å². The van der Waals surface area contributed by atoms with Crippen LogP contribution in [-0.4, -0.2) is 9.13 Å². The van der Waals surface area contributed by atoms with Crippen LogP contribution < -0.4 is 0 Å². The summed E-state index contributed by atoms with van der Waals surface area (Å²) in [5.41, 5.74) is 14.8. The molecule has 0 atom stereocenters. The molecule has 0 radical (unpaired) electrons. The van der Waals surface area contributed by atoms with Gasteiger partial charge in [-0.2, -0.15) is 5.26 Å². The smallest absolute Gasteiger partial charge is 0.0991 e. The lowest BCUT2D eigenvalue weighted by atomic mass is 9.97. The fourth-order valence-electron chi connectivity index (χ4n) is 7.43. The Bertz CT molecular complexity index is 2720. The highest BCUT2D eigenvalue weighted by atomic mass is 15.0. The number of aromatic nitrogens is 2. The van der Waals surface area contributed by atoms with Crippen molar-refractivity contribution in [1.29, 1.82) is 5.26 Å². The number of fused-ring (bicyclic) bond motifs is 6. The Kier molecular flexibility index (Phi) is 6.32. The van der Waals surface area contributed by atoms with E-state index in [9.17, 15) is 5.26 Å². The van der Waals surface area contributed by atoms with Gasteiger partial charge in [0, 0.05) is 38.5 Å². The predicted octanol–water partition coefficient (Wildman–Crippen LogP) is 11.7. The number of para-hydroxylation sites is 1. The van der Waals surface area contributed by atoms with Gasteiger partial charge in [-0.25, -0.2) is 0 Å². The third kappa shape index (κ3) is 4.35. The Hall–Kier alpha value is -6.37. The van der Waals surface area contributed by atoms with E-state index in [2.05, 4.69) is 169 Å². The van der Waals surface area contributed by atoms with Gasteiger partial charge in [0.15, 0.2) is 0 Å². The highest BCUT2D eigenvalue weighted by Crippen LogP contribution is 2.41. The molecule has 226 valence electrons. The number of nitrogens with zero attached hydrogens (tertiary/aromatic N) is 3. The molecule has 0 unspecified atom stereocenters. The van der Waals surface area contributed by atoms with E-state index in [-0.39, 0.29) is 0 Å². The molecular formula is C45H31N3. The number of benzene rings is 7. The second-order valence-corrected chi connectivity index (χ2v) is 12.7. The lowest BCUT2D eigenvalue weighted by Gasteiger charge is -2.13. The minimum atomic E-state index is 0.653. The van der Waals surface area contributed by atoms with Crippen molar-refractivity contribution in [2.75, 3.05) is 0 Å². The highest BCUT2D eigenvalue weighted by molar-refractivity contribution is 6.15. The summed E-state index contributed by atoms with van der Waals surface area (Å²) in [6, 6.07) is 56.5. The second-order valence-electron chi connectivity index (χ2n) is 12.7. The maximum atomic E-state index is 9.50. The van der Waals surface area contributed by atoms with Crippen LogP contribution in [0.2, 0.25) is 0 Å². The molecule has 3 nitrogen and oxygen atoms in total. The lowest BCUT2D eigenvalue weighted by molar-refractivity contribution is 1.18. The first-order valence-corrected chi connectivity index (χ1v) is 16.3. The van der Waals surface area contributed by atoms with Gasteiger partial charge in [0.25, 0.3) is 0 Å². The first-order valence-electron chi connectivity index (χ1n) is 16.3. The number of nitriles is 1. The van der Waals surface area contributed by atoms with Crippen molar-refractivity contribution in [2.24, 2.45) is 0 Å². The Morgan fingerprint density at radius 3 is 1.65 bits per heavy atom. The normalized spacial score (nSPS) is 11.5. The Morgan fingerprint density at radius 1 is 0.438 bits per heavy atom. The van der Waals surface area contributed by atoms with Crippen LogP contribution in [0.1, 0.15) is 16.7 Å². The average Bonchev–Trinajstić information content (AvgIpc) is 3.63. The molecule has 0 aliphatic carbocycles. The van der Waals surface area contributed by atoms with Gasteiger partial charge in [-0.15, -0.1) is 0 Å². The molecule has 0 amide bonds. The molecule has 0 spiro atoms. The zero-order chi connectivity index (χ0) is 32.4. The summed E-state index contributed by atoms with van der Waals surface area (Å²) in [5, 5.41) is 14.4. The van der Waals surface area contributed by atoms with Crippen LogP contribution in [0.5, 0.6) is 0 Å². The molecule has 9 aromatic rings. The Morgan fingerprint density at radius 2 is 0.979 bits per heavy atom. The van der Waals surface area contributed by atoms with E-state index in [0.717, 1.165) is 16.9 Å². The minimum Gasteiger partial charge on any atom is -0.309 e. The molecule has 0 bridgehead atoms. The molecule has 0 aliphatic heterocycles. The van der Waals surface area contributed by atoms with Crippen LogP contribution in [0.25, 0.3) is 77.2 Å². The van der Waals surface area contributed by atoms with Crippen LogP contribution in [0.3, 0.4) is 0 Å². The largest absolute Gasteiger partial charge is 0.309 e. The fourth-order valence-corrected chi connectivity index (χ4v) is 7.43. The molecule has 3 heteroatoms. The van der Waals surface area contributed by atoms with Crippen molar-refractivity contribution in [3.05, 3.63) is 168 Å². The number of hydrogen-bond donors (Lipinski definition) is 0. The van der Waals surface area contributed by atoms with Gasteiger partial charge < -0.3 is 9.13 Å². The number of aryl methyl sites for hydroxylation is 2. The average molecular weight is 614 g/mol. The van der Waals surface area contributed by atoms with Crippen molar-refractivity contribution in [2.45, 2.75) is 13.8 Å². The minimum absolute atomic E-state index is 0.653. The van der Waals surface area contributed by atoms with Crippen molar-refractivity contribution in [1.82, 2.24) is 9.13 Å².